The topological polar surface area (TPSA) is 137 Å². The van der Waals surface area contributed by atoms with Crippen molar-refractivity contribution < 1.29 is 47.6 Å². The molecule has 4 aliphatic rings. The fraction of sp³-hybridized carbons (Fsp3) is 0.226. The van der Waals surface area contributed by atoms with E-state index in [1.807, 2.05) is 72.8 Å². The lowest BCUT2D eigenvalue weighted by molar-refractivity contribution is -0.191. The predicted octanol–water partition coefficient (Wildman–Crippen LogP) is 8.04. The first-order valence-electron chi connectivity index (χ1n) is 24.5. The molecule has 4 heterocycles. The number of hydrogen-bond acceptors (Lipinski definition) is 10. The molecule has 6 aromatic rings. The molecular formula is C62H50N4O10. The van der Waals surface area contributed by atoms with Gasteiger partial charge in [-0.2, -0.15) is 0 Å². The summed E-state index contributed by atoms with van der Waals surface area (Å²) in [5, 5.41) is 0. The number of esters is 2. The molecule has 4 aliphatic heterocycles. The average molecular weight is 1010 g/mol. The summed E-state index contributed by atoms with van der Waals surface area (Å²) in [5.41, 5.74) is 1.93. The van der Waals surface area contributed by atoms with Gasteiger partial charge in [-0.05, 0) is 157 Å². The number of hydrogen-bond donors (Lipinski definition) is 0. The molecule has 76 heavy (non-hydrogen) atoms. The summed E-state index contributed by atoms with van der Waals surface area (Å²) >= 11 is 0. The van der Waals surface area contributed by atoms with Crippen LogP contribution in [0.15, 0.2) is 121 Å². The van der Waals surface area contributed by atoms with Crippen molar-refractivity contribution in [3.63, 3.8) is 0 Å². The Morgan fingerprint density at radius 1 is 0.382 bits per heavy atom. The van der Waals surface area contributed by atoms with Crippen LogP contribution in [0.4, 0.5) is 9.59 Å². The molecule has 0 N–H and O–H groups in total. The van der Waals surface area contributed by atoms with Gasteiger partial charge in [0.15, 0.2) is 0 Å². The highest BCUT2D eigenvalue weighted by molar-refractivity contribution is 6.10. The number of rotatable bonds is 8. The third-order valence-corrected chi connectivity index (χ3v) is 13.9. The van der Waals surface area contributed by atoms with E-state index in [1.54, 1.807) is 90.8 Å². The summed E-state index contributed by atoms with van der Waals surface area (Å²) in [6.45, 7) is 1.78. The van der Waals surface area contributed by atoms with E-state index in [4.69, 9.17) is 28.4 Å². The van der Waals surface area contributed by atoms with Gasteiger partial charge in [0, 0.05) is 44.5 Å². The molecule has 14 nitrogen and oxygen atoms in total. The number of methoxy groups -OCH3 is 4. The van der Waals surface area contributed by atoms with E-state index >= 15 is 19.2 Å². The lowest BCUT2D eigenvalue weighted by Gasteiger charge is -2.44. The van der Waals surface area contributed by atoms with Crippen LogP contribution in [-0.2, 0) is 45.2 Å². The Bertz CT molecular complexity index is 3130. The quantitative estimate of drug-likeness (QED) is 0.109. The number of carbonyl (C=O) groups is 4. The molecule has 0 aliphatic carbocycles. The lowest BCUT2D eigenvalue weighted by atomic mass is 9.90. The van der Waals surface area contributed by atoms with Gasteiger partial charge in [-0.3, -0.25) is 19.6 Å². The number of fused-ring (bicyclic) bond motifs is 2. The molecule has 10 rings (SSSR count). The van der Waals surface area contributed by atoms with Crippen molar-refractivity contribution in [3.8, 4) is 70.4 Å². The van der Waals surface area contributed by atoms with Crippen molar-refractivity contribution in [2.75, 3.05) is 41.7 Å². The molecule has 0 atom stereocenters. The highest BCUT2D eigenvalue weighted by atomic mass is 16.6. The van der Waals surface area contributed by atoms with Crippen LogP contribution in [0.2, 0.25) is 0 Å². The van der Waals surface area contributed by atoms with Gasteiger partial charge >= 0.3 is 24.0 Å². The highest BCUT2D eigenvalue weighted by Gasteiger charge is 2.87. The van der Waals surface area contributed by atoms with Crippen molar-refractivity contribution >= 4 is 24.0 Å². The second-order valence-electron chi connectivity index (χ2n) is 17.8. The van der Waals surface area contributed by atoms with Gasteiger partial charge in [-0.15, -0.1) is 0 Å². The van der Waals surface area contributed by atoms with E-state index in [-0.39, 0.29) is 39.4 Å². The molecule has 0 unspecified atom stereocenters. The Hall–Kier alpha value is -9.76. The van der Waals surface area contributed by atoms with Crippen LogP contribution >= 0.6 is 0 Å². The maximum atomic E-state index is 16.1. The minimum atomic E-state index is -2.46. The van der Waals surface area contributed by atoms with E-state index in [2.05, 4.69) is 47.4 Å². The summed E-state index contributed by atoms with van der Waals surface area (Å²) in [6.07, 6.45) is 0. The summed E-state index contributed by atoms with van der Waals surface area (Å²) in [4.78, 5) is 68.6. The van der Waals surface area contributed by atoms with Crippen LogP contribution in [0.3, 0.4) is 0 Å². The SMILES string of the molecule is CCOC(=O)C12N3Cc4c(C#Cc5ccc(OC)cc5)ccc(C#Cc5ccc(OC)cc5)c4CN1C(=O)N1Cc4c(C#Cc5ccc(OC)cc5)ccc(C#Cc5ccc(OC)cc5)c4CN(C3=O)C12C(=O)OCC. The van der Waals surface area contributed by atoms with E-state index in [9.17, 15) is 0 Å². The monoisotopic (exact) mass is 1010 g/mol. The first kappa shape index (κ1) is 49.8. The molecule has 14 heteroatoms. The third-order valence-electron chi connectivity index (χ3n) is 13.9. The minimum absolute atomic E-state index is 0.149. The summed E-state index contributed by atoms with van der Waals surface area (Å²) < 4.78 is 33.5. The number of amides is 4. The molecular weight excluding hydrogens is 961 g/mol. The Morgan fingerprint density at radius 3 is 0.803 bits per heavy atom. The van der Waals surface area contributed by atoms with Crippen LogP contribution in [0, 0.1) is 47.4 Å². The van der Waals surface area contributed by atoms with Crippen LogP contribution in [0.5, 0.6) is 23.0 Å². The maximum Gasteiger partial charge on any atom is 0.358 e. The fourth-order valence-electron chi connectivity index (χ4n) is 10.3. The molecule has 0 saturated carbocycles. The van der Waals surface area contributed by atoms with E-state index in [1.165, 1.54) is 19.6 Å². The Balaban J connectivity index is 1.20. The smallest absolute Gasteiger partial charge is 0.358 e. The zero-order valence-electron chi connectivity index (χ0n) is 42.7. The lowest BCUT2D eigenvalue weighted by Crippen LogP contribution is -2.75. The third kappa shape index (κ3) is 8.37. The molecule has 4 amide bonds. The number of urea groups is 2. The Morgan fingerprint density at radius 2 is 0.605 bits per heavy atom. The zero-order chi connectivity index (χ0) is 53.1. The van der Waals surface area contributed by atoms with Gasteiger partial charge in [0.25, 0.3) is 11.3 Å². The van der Waals surface area contributed by atoms with E-state index < -0.39 is 35.3 Å². The second-order valence-corrected chi connectivity index (χ2v) is 17.8. The van der Waals surface area contributed by atoms with Gasteiger partial charge in [0.1, 0.15) is 23.0 Å². The number of nitrogens with zero attached hydrogens (tertiary/aromatic N) is 4. The Labute approximate surface area is 441 Å². The normalized spacial score (nSPS) is 17.2. The first-order chi connectivity index (χ1) is 37.0. The van der Waals surface area contributed by atoms with Crippen LogP contribution in [-0.4, -0.2) is 96.6 Å². The summed E-state index contributed by atoms with van der Waals surface area (Å²) in [6, 6.07) is 34.8. The molecule has 2 fully saturated rings. The molecule has 0 radical (unpaired) electrons. The van der Waals surface area contributed by atoms with Gasteiger partial charge in [0.05, 0.1) is 67.8 Å². The highest BCUT2D eigenvalue weighted by Crippen LogP contribution is 2.58. The number of benzene rings is 6. The minimum Gasteiger partial charge on any atom is -0.497 e. The van der Waals surface area contributed by atoms with Crippen molar-refractivity contribution in [3.05, 3.63) is 188 Å². The first-order valence-corrected chi connectivity index (χ1v) is 24.5. The maximum absolute atomic E-state index is 16.1. The molecule has 378 valence electrons. The van der Waals surface area contributed by atoms with Gasteiger partial charge < -0.3 is 28.4 Å². The standard InChI is InChI=1S/C62H50N4O10/c1-7-75-57(67)61-62(58(68)76-8-2)65-39-55-47(23-11-43-17-33-51(73-5)34-18-43)27-28-48(24-12-44-19-35-52(74-6)36-20-44)56(55)40-66(62)60(70)64(61)38-54-46(22-10-42-15-31-50(72-4)32-16-42)26-25-45(53(54)37-63(61)59(65)69)21-9-41-13-29-49(71-3)30-14-41/h13-20,25-36H,7-8,37-40H2,1-6H3. The molecule has 0 bridgehead atoms. The van der Waals surface area contributed by atoms with E-state index in [0.717, 1.165) is 0 Å². The van der Waals surface area contributed by atoms with Crippen LogP contribution < -0.4 is 18.9 Å². The van der Waals surface area contributed by atoms with Crippen LogP contribution in [0.1, 0.15) is 80.6 Å². The van der Waals surface area contributed by atoms with Crippen molar-refractivity contribution in [1.29, 1.82) is 0 Å². The molecule has 2 saturated heterocycles. The number of ether oxygens (including phenoxy) is 6. The van der Waals surface area contributed by atoms with Gasteiger partial charge in [-0.1, -0.05) is 47.4 Å². The summed E-state index contributed by atoms with van der Waals surface area (Å²) in [5.74, 6) is 26.9. The summed E-state index contributed by atoms with van der Waals surface area (Å²) in [7, 11) is 6.34. The molecule has 6 aromatic carbocycles. The predicted molar refractivity (Wildman–Crippen MR) is 280 cm³/mol. The zero-order valence-corrected chi connectivity index (χ0v) is 42.7. The average Bonchev–Trinajstić information content (AvgIpc) is 3.79. The number of carbonyl (C=O) groups excluding carboxylic acids is 4. The largest absolute Gasteiger partial charge is 0.497 e. The van der Waals surface area contributed by atoms with E-state index in [0.29, 0.717) is 89.8 Å². The second kappa shape index (κ2) is 20.6. The van der Waals surface area contributed by atoms with Crippen molar-refractivity contribution in [2.24, 2.45) is 0 Å². The van der Waals surface area contributed by atoms with Crippen molar-refractivity contribution in [2.45, 2.75) is 51.4 Å². The van der Waals surface area contributed by atoms with Crippen molar-refractivity contribution in [1.82, 2.24) is 19.6 Å². The molecule has 0 spiro atoms. The van der Waals surface area contributed by atoms with Gasteiger partial charge in [-0.25, -0.2) is 19.2 Å². The Kier molecular flexibility index (Phi) is 13.5. The fourth-order valence-corrected chi connectivity index (χ4v) is 10.3. The van der Waals surface area contributed by atoms with Crippen LogP contribution in [0.25, 0.3) is 0 Å². The molecule has 0 aromatic heterocycles. The van der Waals surface area contributed by atoms with Gasteiger partial charge in [0.2, 0.25) is 0 Å².